The number of hydrogen-bond acceptors (Lipinski definition) is 4. The van der Waals surface area contributed by atoms with Crippen LogP contribution in [0.1, 0.15) is 40.0 Å². The average Bonchev–Trinajstić information content (AvgIpc) is 2.83. The van der Waals surface area contributed by atoms with Crippen molar-refractivity contribution >= 4 is 17.7 Å². The summed E-state index contributed by atoms with van der Waals surface area (Å²) in [6.45, 7) is 5.87. The molecule has 0 radical (unpaired) electrons. The molecular formula is C15H26N2O4. The minimum absolute atomic E-state index is 0.0534. The number of aliphatic carboxylic acids is 1. The summed E-state index contributed by atoms with van der Waals surface area (Å²) in [5.41, 5.74) is 0. The molecule has 1 aliphatic carbocycles. The number of hydrogen-bond donors (Lipinski definition) is 3. The average molecular weight is 298 g/mol. The van der Waals surface area contributed by atoms with Gasteiger partial charge in [-0.2, -0.15) is 0 Å². The van der Waals surface area contributed by atoms with Gasteiger partial charge < -0.3 is 15.7 Å². The fourth-order valence-electron chi connectivity index (χ4n) is 2.94. The molecule has 0 heterocycles. The highest BCUT2D eigenvalue weighted by molar-refractivity contribution is 5.88. The van der Waals surface area contributed by atoms with Gasteiger partial charge in [-0.3, -0.25) is 14.4 Å². The number of carbonyl (C=O) groups is 3. The van der Waals surface area contributed by atoms with Gasteiger partial charge in [0.2, 0.25) is 5.91 Å². The van der Waals surface area contributed by atoms with E-state index in [1.807, 2.05) is 13.8 Å². The first-order valence-electron chi connectivity index (χ1n) is 7.56. The molecule has 1 saturated carbocycles. The number of carboxylic acids is 1. The van der Waals surface area contributed by atoms with Crippen molar-refractivity contribution in [2.75, 3.05) is 13.1 Å². The largest absolute Gasteiger partial charge is 0.481 e. The van der Waals surface area contributed by atoms with Gasteiger partial charge in [0.05, 0.1) is 18.5 Å². The quantitative estimate of drug-likeness (QED) is 0.616. The molecule has 6 nitrogen and oxygen atoms in total. The summed E-state index contributed by atoms with van der Waals surface area (Å²) in [6.07, 6.45) is 2.52. The summed E-state index contributed by atoms with van der Waals surface area (Å²) < 4.78 is 0. The maximum atomic E-state index is 11.8. The van der Waals surface area contributed by atoms with E-state index in [2.05, 4.69) is 10.6 Å². The van der Waals surface area contributed by atoms with Gasteiger partial charge in [-0.25, -0.2) is 0 Å². The Bertz CT molecular complexity index is 395. The van der Waals surface area contributed by atoms with Crippen LogP contribution in [0, 0.1) is 17.8 Å². The second-order valence-corrected chi connectivity index (χ2v) is 6.17. The molecule has 3 unspecified atom stereocenters. The third-order valence-corrected chi connectivity index (χ3v) is 4.09. The summed E-state index contributed by atoms with van der Waals surface area (Å²) >= 11 is 0. The van der Waals surface area contributed by atoms with Crippen molar-refractivity contribution in [3.8, 4) is 0 Å². The lowest BCUT2D eigenvalue weighted by atomic mass is 9.96. The topological polar surface area (TPSA) is 95.5 Å². The van der Waals surface area contributed by atoms with E-state index in [-0.39, 0.29) is 36.0 Å². The Morgan fingerprint density at radius 1 is 1.24 bits per heavy atom. The van der Waals surface area contributed by atoms with Crippen molar-refractivity contribution in [2.24, 2.45) is 17.8 Å². The lowest BCUT2D eigenvalue weighted by Gasteiger charge is -2.20. The molecule has 3 N–H and O–H groups in total. The molecule has 0 aliphatic heterocycles. The summed E-state index contributed by atoms with van der Waals surface area (Å²) in [7, 11) is 0. The lowest BCUT2D eigenvalue weighted by molar-refractivity contribution is -0.142. The van der Waals surface area contributed by atoms with E-state index in [1.54, 1.807) is 0 Å². The molecule has 0 aromatic heterocycles. The second-order valence-electron chi connectivity index (χ2n) is 6.17. The van der Waals surface area contributed by atoms with Gasteiger partial charge in [-0.05, 0) is 38.1 Å². The van der Waals surface area contributed by atoms with E-state index < -0.39 is 12.0 Å². The smallest absolute Gasteiger partial charge is 0.306 e. The number of carboxylic acid groups (broad SMARTS) is 1. The van der Waals surface area contributed by atoms with Crippen molar-refractivity contribution < 1.29 is 19.5 Å². The lowest BCUT2D eigenvalue weighted by Crippen LogP contribution is -2.47. The molecule has 120 valence electrons. The van der Waals surface area contributed by atoms with Crippen LogP contribution in [0.3, 0.4) is 0 Å². The van der Waals surface area contributed by atoms with Gasteiger partial charge in [0.25, 0.3) is 0 Å². The molecule has 0 bridgehead atoms. The van der Waals surface area contributed by atoms with Crippen LogP contribution in [0.2, 0.25) is 0 Å². The van der Waals surface area contributed by atoms with Crippen molar-refractivity contribution in [3.63, 3.8) is 0 Å². The number of amides is 1. The first-order chi connectivity index (χ1) is 9.82. The molecule has 1 aliphatic rings. The number of carbonyl (C=O) groups excluding carboxylic acids is 2. The van der Waals surface area contributed by atoms with Crippen molar-refractivity contribution in [1.29, 1.82) is 0 Å². The van der Waals surface area contributed by atoms with Crippen LogP contribution in [0.4, 0.5) is 0 Å². The van der Waals surface area contributed by atoms with E-state index in [4.69, 9.17) is 5.11 Å². The monoisotopic (exact) mass is 298 g/mol. The third-order valence-electron chi connectivity index (χ3n) is 4.09. The SMILES string of the molecule is CC(=O)C(NC(=O)CNCC1CCCC1C(=O)O)C(C)C. The number of Topliss-reactive ketones (excluding diaryl/α,β-unsaturated/α-hetero) is 1. The molecule has 1 rings (SSSR count). The van der Waals surface area contributed by atoms with Crippen LogP contribution in [0.25, 0.3) is 0 Å². The molecule has 0 aromatic carbocycles. The zero-order chi connectivity index (χ0) is 16.0. The third kappa shape index (κ3) is 5.46. The zero-order valence-electron chi connectivity index (χ0n) is 13.0. The second kappa shape index (κ2) is 8.12. The Kier molecular flexibility index (Phi) is 6.81. The van der Waals surface area contributed by atoms with Crippen LogP contribution in [-0.4, -0.2) is 41.9 Å². The van der Waals surface area contributed by atoms with Crippen LogP contribution >= 0.6 is 0 Å². The maximum Gasteiger partial charge on any atom is 0.306 e. The Morgan fingerprint density at radius 2 is 1.90 bits per heavy atom. The zero-order valence-corrected chi connectivity index (χ0v) is 13.0. The fraction of sp³-hybridized carbons (Fsp3) is 0.800. The van der Waals surface area contributed by atoms with Gasteiger partial charge >= 0.3 is 5.97 Å². The predicted octanol–water partition coefficient (Wildman–Crippen LogP) is 0.807. The Balaban J connectivity index is 2.33. The molecule has 0 aromatic rings. The molecule has 6 heteroatoms. The highest BCUT2D eigenvalue weighted by Crippen LogP contribution is 2.31. The van der Waals surface area contributed by atoms with E-state index in [0.717, 1.165) is 12.8 Å². The van der Waals surface area contributed by atoms with Crippen molar-refractivity contribution in [3.05, 3.63) is 0 Å². The summed E-state index contributed by atoms with van der Waals surface area (Å²) in [6, 6.07) is -0.461. The van der Waals surface area contributed by atoms with E-state index in [0.29, 0.717) is 13.0 Å². The van der Waals surface area contributed by atoms with Crippen LogP contribution in [0.5, 0.6) is 0 Å². The first kappa shape index (κ1) is 17.6. The molecule has 0 saturated heterocycles. The van der Waals surface area contributed by atoms with Crippen LogP contribution < -0.4 is 10.6 Å². The molecule has 1 fully saturated rings. The Morgan fingerprint density at radius 3 is 2.43 bits per heavy atom. The van der Waals surface area contributed by atoms with Crippen LogP contribution in [-0.2, 0) is 14.4 Å². The molecular weight excluding hydrogens is 272 g/mol. The number of nitrogens with one attached hydrogen (secondary N) is 2. The predicted molar refractivity (Wildman–Crippen MR) is 78.8 cm³/mol. The number of rotatable bonds is 8. The van der Waals surface area contributed by atoms with E-state index in [1.165, 1.54) is 6.92 Å². The molecule has 3 atom stereocenters. The van der Waals surface area contributed by atoms with Gasteiger partial charge in [0.1, 0.15) is 0 Å². The maximum absolute atomic E-state index is 11.8. The van der Waals surface area contributed by atoms with Crippen molar-refractivity contribution in [2.45, 2.75) is 46.1 Å². The summed E-state index contributed by atoms with van der Waals surface area (Å²) in [5, 5.41) is 14.8. The summed E-state index contributed by atoms with van der Waals surface area (Å²) in [4.78, 5) is 34.3. The highest BCUT2D eigenvalue weighted by atomic mass is 16.4. The Hall–Kier alpha value is -1.43. The minimum atomic E-state index is -0.750. The van der Waals surface area contributed by atoms with Gasteiger partial charge in [0.15, 0.2) is 5.78 Å². The van der Waals surface area contributed by atoms with E-state index >= 15 is 0 Å². The number of ketones is 1. The van der Waals surface area contributed by atoms with Gasteiger partial charge in [0, 0.05) is 0 Å². The molecule has 1 amide bonds. The fourth-order valence-corrected chi connectivity index (χ4v) is 2.94. The van der Waals surface area contributed by atoms with Crippen LogP contribution in [0.15, 0.2) is 0 Å². The Labute approximate surface area is 125 Å². The van der Waals surface area contributed by atoms with Crippen molar-refractivity contribution in [1.82, 2.24) is 10.6 Å². The molecule has 21 heavy (non-hydrogen) atoms. The normalized spacial score (nSPS) is 23.0. The first-order valence-corrected chi connectivity index (χ1v) is 7.56. The van der Waals surface area contributed by atoms with Gasteiger partial charge in [-0.1, -0.05) is 20.3 Å². The minimum Gasteiger partial charge on any atom is -0.481 e. The highest BCUT2D eigenvalue weighted by Gasteiger charge is 2.32. The molecule has 0 spiro atoms. The standard InChI is InChI=1S/C15H26N2O4/c1-9(2)14(10(3)18)17-13(19)8-16-7-11-5-4-6-12(11)15(20)21/h9,11-12,14,16H,4-8H2,1-3H3,(H,17,19)(H,20,21). The van der Waals surface area contributed by atoms with Gasteiger partial charge in [-0.15, -0.1) is 0 Å². The van der Waals surface area contributed by atoms with E-state index in [9.17, 15) is 14.4 Å². The summed E-state index contributed by atoms with van der Waals surface area (Å²) in [5.74, 6) is -1.20.